The van der Waals surface area contributed by atoms with Gasteiger partial charge in [-0.3, -0.25) is 5.10 Å². The Balaban J connectivity index is 1.75. The maximum atomic E-state index is 5.67. The lowest BCUT2D eigenvalue weighted by atomic mass is 9.94. The molecule has 2 N–H and O–H groups in total. The molecule has 2 heterocycles. The zero-order valence-corrected chi connectivity index (χ0v) is 12.0. The third-order valence-corrected chi connectivity index (χ3v) is 4.35. The highest BCUT2D eigenvalue weighted by molar-refractivity contribution is 5.62. The number of ether oxygens (including phenoxy) is 1. The van der Waals surface area contributed by atoms with Crippen LogP contribution in [0.2, 0.25) is 0 Å². The number of nitrogens with one attached hydrogen (secondary N) is 2. The van der Waals surface area contributed by atoms with Crippen molar-refractivity contribution >= 4 is 0 Å². The first-order valence-electron chi connectivity index (χ1n) is 7.13. The van der Waals surface area contributed by atoms with Crippen LogP contribution in [0.15, 0.2) is 36.5 Å². The summed E-state index contributed by atoms with van der Waals surface area (Å²) in [4.78, 5) is 0. The van der Waals surface area contributed by atoms with Crippen molar-refractivity contribution in [2.24, 2.45) is 0 Å². The van der Waals surface area contributed by atoms with E-state index in [4.69, 9.17) is 4.74 Å². The minimum absolute atomic E-state index is 0.0469. The molecule has 20 heavy (non-hydrogen) atoms. The van der Waals surface area contributed by atoms with Crippen molar-refractivity contribution in [1.29, 1.82) is 0 Å². The van der Waals surface area contributed by atoms with Crippen molar-refractivity contribution < 1.29 is 4.74 Å². The van der Waals surface area contributed by atoms with E-state index in [-0.39, 0.29) is 11.6 Å². The van der Waals surface area contributed by atoms with Gasteiger partial charge in [-0.05, 0) is 25.8 Å². The Morgan fingerprint density at radius 3 is 2.90 bits per heavy atom. The Kier molecular flexibility index (Phi) is 3.59. The summed E-state index contributed by atoms with van der Waals surface area (Å²) >= 11 is 0. The Labute approximate surface area is 119 Å². The second-order valence-electron chi connectivity index (χ2n) is 5.67. The molecule has 1 fully saturated rings. The van der Waals surface area contributed by atoms with Gasteiger partial charge in [-0.2, -0.15) is 5.10 Å². The number of nitrogens with zero attached hydrogens (tertiary/aromatic N) is 1. The Bertz CT molecular complexity index is 566. The maximum absolute atomic E-state index is 5.67. The largest absolute Gasteiger partial charge is 0.377 e. The minimum atomic E-state index is 0.0469. The molecule has 0 aliphatic carbocycles. The Morgan fingerprint density at radius 1 is 1.40 bits per heavy atom. The molecule has 2 atom stereocenters. The molecule has 3 rings (SSSR count). The molecule has 0 radical (unpaired) electrons. The molecule has 1 aromatic carbocycles. The Morgan fingerprint density at radius 2 is 2.20 bits per heavy atom. The van der Waals surface area contributed by atoms with Crippen LogP contribution in [0.25, 0.3) is 11.3 Å². The minimum Gasteiger partial charge on any atom is -0.377 e. The first-order valence-corrected chi connectivity index (χ1v) is 7.13. The summed E-state index contributed by atoms with van der Waals surface area (Å²) in [6.45, 7) is 5.99. The van der Waals surface area contributed by atoms with Crippen LogP contribution in [-0.4, -0.2) is 28.4 Å². The summed E-state index contributed by atoms with van der Waals surface area (Å²) in [5, 5.41) is 10.9. The summed E-state index contributed by atoms with van der Waals surface area (Å²) in [7, 11) is 0. The molecular formula is C16H21N3O. The summed E-state index contributed by atoms with van der Waals surface area (Å²) in [5.74, 6) is 0. The van der Waals surface area contributed by atoms with Gasteiger partial charge in [-0.25, -0.2) is 0 Å². The average molecular weight is 271 g/mol. The third-order valence-electron chi connectivity index (χ3n) is 4.35. The van der Waals surface area contributed by atoms with Gasteiger partial charge in [0.15, 0.2) is 0 Å². The fourth-order valence-electron chi connectivity index (χ4n) is 2.66. The molecule has 1 aliphatic rings. The average Bonchev–Trinajstić information content (AvgIpc) is 3.06. The molecule has 1 aromatic heterocycles. The van der Waals surface area contributed by atoms with Gasteiger partial charge in [0.1, 0.15) is 0 Å². The number of H-pyrrole nitrogens is 1. The topological polar surface area (TPSA) is 49.9 Å². The molecule has 4 nitrogen and oxygen atoms in total. The van der Waals surface area contributed by atoms with Gasteiger partial charge in [-0.15, -0.1) is 0 Å². The van der Waals surface area contributed by atoms with Gasteiger partial charge in [-0.1, -0.05) is 30.3 Å². The summed E-state index contributed by atoms with van der Waals surface area (Å²) in [5.41, 5.74) is 3.50. The van der Waals surface area contributed by atoms with Crippen LogP contribution in [0.3, 0.4) is 0 Å². The van der Waals surface area contributed by atoms with Gasteiger partial charge in [0, 0.05) is 24.3 Å². The lowest BCUT2D eigenvalue weighted by Crippen LogP contribution is -2.47. The molecule has 0 bridgehead atoms. The molecule has 1 saturated heterocycles. The second kappa shape index (κ2) is 5.38. The summed E-state index contributed by atoms with van der Waals surface area (Å²) < 4.78 is 5.67. The van der Waals surface area contributed by atoms with E-state index in [0.29, 0.717) is 0 Å². The molecule has 0 amide bonds. The SMILES string of the molecule is CC1OCCC1(C)NCc1cn[nH]c1-c1ccccc1. The number of hydrogen-bond donors (Lipinski definition) is 2. The summed E-state index contributed by atoms with van der Waals surface area (Å²) in [6, 6.07) is 10.3. The van der Waals surface area contributed by atoms with Gasteiger partial charge < -0.3 is 10.1 Å². The van der Waals surface area contributed by atoms with Gasteiger partial charge in [0.25, 0.3) is 0 Å². The number of aromatic amines is 1. The first-order chi connectivity index (χ1) is 9.69. The van der Waals surface area contributed by atoms with Crippen LogP contribution in [0, 0.1) is 0 Å². The lowest BCUT2D eigenvalue weighted by Gasteiger charge is -2.29. The zero-order valence-electron chi connectivity index (χ0n) is 12.0. The quantitative estimate of drug-likeness (QED) is 0.899. The van der Waals surface area contributed by atoms with E-state index >= 15 is 0 Å². The van der Waals surface area contributed by atoms with E-state index in [1.165, 1.54) is 11.1 Å². The maximum Gasteiger partial charge on any atom is 0.0726 e. The lowest BCUT2D eigenvalue weighted by molar-refractivity contribution is 0.0881. The van der Waals surface area contributed by atoms with E-state index in [0.717, 1.165) is 25.3 Å². The standard InChI is InChI=1S/C16H21N3O/c1-12-16(2,8-9-20-12)17-10-14-11-18-19-15(14)13-6-4-3-5-7-13/h3-7,11-12,17H,8-10H2,1-2H3,(H,18,19). The highest BCUT2D eigenvalue weighted by atomic mass is 16.5. The predicted molar refractivity (Wildman–Crippen MR) is 79.3 cm³/mol. The van der Waals surface area contributed by atoms with Crippen molar-refractivity contribution in [1.82, 2.24) is 15.5 Å². The molecule has 0 spiro atoms. The van der Waals surface area contributed by atoms with E-state index in [1.807, 2.05) is 24.4 Å². The second-order valence-corrected chi connectivity index (χ2v) is 5.67. The number of hydrogen-bond acceptors (Lipinski definition) is 3. The Hall–Kier alpha value is -1.65. The van der Waals surface area contributed by atoms with Crippen LogP contribution in [0.1, 0.15) is 25.8 Å². The van der Waals surface area contributed by atoms with Crippen molar-refractivity contribution in [3.63, 3.8) is 0 Å². The normalized spacial score (nSPS) is 26.0. The van der Waals surface area contributed by atoms with E-state index in [2.05, 4.69) is 41.5 Å². The molecular weight excluding hydrogens is 250 g/mol. The fraction of sp³-hybridized carbons (Fsp3) is 0.438. The summed E-state index contributed by atoms with van der Waals surface area (Å²) in [6.07, 6.45) is 3.20. The number of aromatic nitrogens is 2. The molecule has 2 aromatic rings. The van der Waals surface area contributed by atoms with Crippen molar-refractivity contribution in [3.05, 3.63) is 42.1 Å². The van der Waals surface area contributed by atoms with Crippen LogP contribution < -0.4 is 5.32 Å². The fourth-order valence-corrected chi connectivity index (χ4v) is 2.66. The highest BCUT2D eigenvalue weighted by Crippen LogP contribution is 2.27. The van der Waals surface area contributed by atoms with Gasteiger partial charge in [0.05, 0.1) is 18.0 Å². The monoisotopic (exact) mass is 271 g/mol. The number of benzene rings is 1. The van der Waals surface area contributed by atoms with Crippen molar-refractivity contribution in [2.45, 2.75) is 38.5 Å². The van der Waals surface area contributed by atoms with Gasteiger partial charge in [0.2, 0.25) is 0 Å². The molecule has 0 saturated carbocycles. The molecule has 2 unspecified atom stereocenters. The smallest absolute Gasteiger partial charge is 0.0726 e. The molecule has 1 aliphatic heterocycles. The van der Waals surface area contributed by atoms with Crippen molar-refractivity contribution in [3.8, 4) is 11.3 Å². The molecule has 4 heteroatoms. The van der Waals surface area contributed by atoms with E-state index in [9.17, 15) is 0 Å². The third kappa shape index (κ3) is 2.49. The van der Waals surface area contributed by atoms with Crippen molar-refractivity contribution in [2.75, 3.05) is 6.61 Å². The van der Waals surface area contributed by atoms with E-state index < -0.39 is 0 Å². The van der Waals surface area contributed by atoms with Crippen LogP contribution >= 0.6 is 0 Å². The van der Waals surface area contributed by atoms with Crippen LogP contribution in [0.4, 0.5) is 0 Å². The zero-order chi connectivity index (χ0) is 14.0. The predicted octanol–water partition coefficient (Wildman–Crippen LogP) is 2.73. The van der Waals surface area contributed by atoms with Crippen LogP contribution in [0.5, 0.6) is 0 Å². The van der Waals surface area contributed by atoms with Gasteiger partial charge >= 0.3 is 0 Å². The first kappa shape index (κ1) is 13.3. The molecule has 106 valence electrons. The highest BCUT2D eigenvalue weighted by Gasteiger charge is 2.36. The van der Waals surface area contributed by atoms with Crippen LogP contribution in [-0.2, 0) is 11.3 Å². The van der Waals surface area contributed by atoms with E-state index in [1.54, 1.807) is 0 Å². The number of rotatable bonds is 4.